The molecule has 2 aromatic heterocycles. The number of hydrogen-bond acceptors (Lipinski definition) is 5. The Kier molecular flexibility index (Phi) is 5.10. The van der Waals surface area contributed by atoms with Crippen molar-refractivity contribution in [1.82, 2.24) is 20.0 Å². The molecule has 0 radical (unpaired) electrons. The van der Waals surface area contributed by atoms with Crippen LogP contribution in [0.15, 0.2) is 35.6 Å². The van der Waals surface area contributed by atoms with Gasteiger partial charge < -0.3 is 9.46 Å². The average Bonchev–Trinajstić information content (AvgIpc) is 3.17. The Morgan fingerprint density at radius 2 is 2.10 bits per heavy atom. The monoisotopic (exact) mass is 305 g/mol. The lowest BCUT2D eigenvalue weighted by Gasteiger charge is -2.11. The van der Waals surface area contributed by atoms with E-state index in [1.165, 1.54) is 11.9 Å². The highest BCUT2D eigenvalue weighted by Crippen LogP contribution is 2.35. The molecule has 2 N–H and O–H groups in total. The lowest BCUT2D eigenvalue weighted by Crippen LogP contribution is -1.97. The van der Waals surface area contributed by atoms with Crippen LogP contribution >= 0.6 is 11.9 Å². The van der Waals surface area contributed by atoms with Crippen LogP contribution in [0.3, 0.4) is 0 Å². The molecule has 0 unspecified atom stereocenters. The van der Waals surface area contributed by atoms with Crippen molar-refractivity contribution in [3.05, 3.63) is 30.7 Å². The van der Waals surface area contributed by atoms with Crippen molar-refractivity contribution >= 4 is 28.5 Å². The molecule has 6 nitrogen and oxygen atoms in total. The smallest absolute Gasteiger partial charge is 0.145 e. The highest BCUT2D eigenvalue weighted by molar-refractivity contribution is 8.00. The Morgan fingerprint density at radius 3 is 2.76 bits per heavy atom. The molecule has 0 atom stereocenters. The molecule has 2 heterocycles. The van der Waals surface area contributed by atoms with E-state index in [1.54, 1.807) is 13.3 Å². The van der Waals surface area contributed by atoms with E-state index < -0.39 is 0 Å². The number of nitrogens with one attached hydrogen (secondary N) is 2. The molecule has 0 aliphatic carbocycles. The van der Waals surface area contributed by atoms with Gasteiger partial charge in [-0.1, -0.05) is 13.8 Å². The number of benzene rings is 1. The zero-order chi connectivity index (χ0) is 15.2. The topological polar surface area (TPSA) is 67.8 Å². The molecule has 3 rings (SSSR count). The highest BCUT2D eigenvalue weighted by Gasteiger charge is 2.12. The Morgan fingerprint density at radius 1 is 1.29 bits per heavy atom. The molecule has 0 aliphatic rings. The van der Waals surface area contributed by atoms with Crippen LogP contribution in [0.4, 0.5) is 5.69 Å². The van der Waals surface area contributed by atoms with Gasteiger partial charge in [0, 0.05) is 18.6 Å². The fourth-order valence-corrected chi connectivity index (χ4v) is 2.56. The van der Waals surface area contributed by atoms with Gasteiger partial charge in [0.05, 0.1) is 29.9 Å². The van der Waals surface area contributed by atoms with Crippen LogP contribution in [0.2, 0.25) is 0 Å². The average molecular weight is 305 g/mol. The van der Waals surface area contributed by atoms with Crippen LogP contribution in [0, 0.1) is 0 Å². The number of methoxy groups -OCH3 is 1. The molecule has 0 fully saturated rings. The van der Waals surface area contributed by atoms with Gasteiger partial charge >= 0.3 is 0 Å². The zero-order valence-corrected chi connectivity index (χ0v) is 13.4. The predicted octanol–water partition coefficient (Wildman–Crippen LogP) is 3.45. The normalized spacial score (nSPS) is 10.1. The van der Waals surface area contributed by atoms with Crippen molar-refractivity contribution in [3.8, 4) is 5.75 Å². The van der Waals surface area contributed by atoms with E-state index in [-0.39, 0.29) is 0 Å². The number of fused-ring (bicyclic) bond motifs is 1. The Labute approximate surface area is 128 Å². The number of aromatic amines is 1. The number of nitrogens with zero attached hydrogens (tertiary/aromatic N) is 3. The fraction of sp³-hybridized carbons (Fsp3) is 0.286. The summed E-state index contributed by atoms with van der Waals surface area (Å²) in [6, 6.07) is 3.93. The van der Waals surface area contributed by atoms with E-state index in [4.69, 9.17) is 4.74 Å². The molecule has 0 aliphatic heterocycles. The first-order valence-corrected chi connectivity index (χ1v) is 7.51. The van der Waals surface area contributed by atoms with Crippen molar-refractivity contribution in [2.24, 2.45) is 7.05 Å². The molecule has 1 aromatic carbocycles. The molecule has 0 bridgehead atoms. The first-order valence-electron chi connectivity index (χ1n) is 6.70. The van der Waals surface area contributed by atoms with Crippen molar-refractivity contribution < 1.29 is 4.74 Å². The molecular weight excluding hydrogens is 286 g/mol. The van der Waals surface area contributed by atoms with Crippen LogP contribution in [0.5, 0.6) is 5.75 Å². The summed E-state index contributed by atoms with van der Waals surface area (Å²) in [6.45, 7) is 4.00. The van der Waals surface area contributed by atoms with E-state index in [1.807, 2.05) is 50.1 Å². The summed E-state index contributed by atoms with van der Waals surface area (Å²) in [5, 5.41) is 12.0. The summed E-state index contributed by atoms with van der Waals surface area (Å²) >= 11 is 1.47. The van der Waals surface area contributed by atoms with Gasteiger partial charge in [-0.05, 0) is 24.1 Å². The van der Waals surface area contributed by atoms with Crippen molar-refractivity contribution in [3.63, 3.8) is 0 Å². The van der Waals surface area contributed by atoms with Gasteiger partial charge in [0.2, 0.25) is 0 Å². The number of aryl methyl sites for hydroxylation is 1. The molecule has 0 saturated heterocycles. The van der Waals surface area contributed by atoms with E-state index in [0.29, 0.717) is 0 Å². The third-order valence-corrected chi connectivity index (χ3v) is 3.59. The number of anilines is 1. The fourth-order valence-electron chi connectivity index (χ4n) is 1.92. The Balaban J connectivity index is 0.000000774. The van der Waals surface area contributed by atoms with Crippen molar-refractivity contribution in [2.45, 2.75) is 18.7 Å². The molecule has 3 aromatic rings. The van der Waals surface area contributed by atoms with Gasteiger partial charge in [0.25, 0.3) is 0 Å². The minimum atomic E-state index is 0.784. The Hall–Kier alpha value is -2.15. The summed E-state index contributed by atoms with van der Waals surface area (Å²) < 4.78 is 10.5. The van der Waals surface area contributed by atoms with Crippen molar-refractivity contribution in [1.29, 1.82) is 0 Å². The second-order valence-corrected chi connectivity index (χ2v) is 4.87. The minimum Gasteiger partial charge on any atom is -0.494 e. The number of rotatable bonds is 4. The van der Waals surface area contributed by atoms with Gasteiger partial charge in [-0.25, -0.2) is 0 Å². The molecule has 0 saturated carbocycles. The number of H-pyrrole nitrogens is 1. The molecule has 0 spiro atoms. The number of aromatic nitrogens is 4. The second-order valence-electron chi connectivity index (χ2n) is 3.99. The van der Waals surface area contributed by atoms with E-state index >= 15 is 0 Å². The van der Waals surface area contributed by atoms with Gasteiger partial charge in [0.1, 0.15) is 11.4 Å². The predicted molar refractivity (Wildman–Crippen MR) is 86.7 cm³/mol. The molecule has 7 heteroatoms. The molecular formula is C14H19N5OS. The summed E-state index contributed by atoms with van der Waals surface area (Å²) in [6.07, 6.45) is 5.42. The van der Waals surface area contributed by atoms with E-state index in [9.17, 15) is 0 Å². The number of hydrogen-bond donors (Lipinski definition) is 2. The van der Waals surface area contributed by atoms with Crippen LogP contribution in [0.25, 0.3) is 10.9 Å². The van der Waals surface area contributed by atoms with Gasteiger partial charge in [-0.15, -0.1) is 0 Å². The first kappa shape index (κ1) is 15.2. The highest BCUT2D eigenvalue weighted by atomic mass is 32.2. The van der Waals surface area contributed by atoms with E-state index in [0.717, 1.165) is 27.2 Å². The SMILES string of the molecule is CC.COc1ccc2cnn(C)c2c1NSc1cn[nH]c1. The summed E-state index contributed by atoms with van der Waals surface area (Å²) in [7, 11) is 3.57. The van der Waals surface area contributed by atoms with Crippen LogP contribution in [0.1, 0.15) is 13.8 Å². The zero-order valence-electron chi connectivity index (χ0n) is 12.5. The second kappa shape index (κ2) is 7.03. The summed E-state index contributed by atoms with van der Waals surface area (Å²) in [4.78, 5) is 1.00. The molecule has 0 amide bonds. The third-order valence-electron chi connectivity index (χ3n) is 2.83. The van der Waals surface area contributed by atoms with Gasteiger partial charge in [0.15, 0.2) is 0 Å². The maximum atomic E-state index is 5.41. The first-order chi connectivity index (χ1) is 10.3. The quantitative estimate of drug-likeness (QED) is 0.723. The lowest BCUT2D eigenvalue weighted by atomic mass is 10.2. The van der Waals surface area contributed by atoms with Crippen molar-refractivity contribution in [2.75, 3.05) is 11.8 Å². The summed E-state index contributed by atoms with van der Waals surface area (Å²) in [5.41, 5.74) is 1.92. The third kappa shape index (κ3) is 3.13. The minimum absolute atomic E-state index is 0.784. The summed E-state index contributed by atoms with van der Waals surface area (Å²) in [5.74, 6) is 0.784. The Bertz CT molecular complexity index is 693. The molecule has 21 heavy (non-hydrogen) atoms. The lowest BCUT2D eigenvalue weighted by molar-refractivity contribution is 0.417. The standard InChI is InChI=1S/C12H13N5OS.C2H6/c1-17-12-8(5-15-17)3-4-10(18-2)11(12)16-19-9-6-13-14-7-9;1-2/h3-7,16H,1-2H3,(H,13,14);1-2H3. The van der Waals surface area contributed by atoms with Crippen LogP contribution in [-0.4, -0.2) is 27.1 Å². The van der Waals surface area contributed by atoms with Gasteiger partial charge in [-0.3, -0.25) is 9.78 Å². The number of ether oxygens (including phenoxy) is 1. The van der Waals surface area contributed by atoms with Gasteiger partial charge in [-0.2, -0.15) is 10.2 Å². The molecule has 112 valence electrons. The van der Waals surface area contributed by atoms with Crippen LogP contribution in [-0.2, 0) is 7.05 Å². The maximum Gasteiger partial charge on any atom is 0.145 e. The van der Waals surface area contributed by atoms with E-state index in [2.05, 4.69) is 20.0 Å². The largest absolute Gasteiger partial charge is 0.494 e. The van der Waals surface area contributed by atoms with Crippen LogP contribution < -0.4 is 9.46 Å². The maximum absolute atomic E-state index is 5.41.